The SMILES string of the molecule is O=C1O[C@H]2CC=C[C@@H]2/C1=C\O. The molecule has 3 nitrogen and oxygen atoms in total. The molecule has 0 aromatic heterocycles. The number of carbonyl (C=O) groups excluding carboxylic acids is 1. The fourth-order valence-corrected chi connectivity index (χ4v) is 1.54. The zero-order chi connectivity index (χ0) is 7.84. The van der Waals surface area contributed by atoms with Gasteiger partial charge in [0.05, 0.1) is 11.8 Å². The van der Waals surface area contributed by atoms with Crippen LogP contribution in [-0.2, 0) is 9.53 Å². The molecule has 0 amide bonds. The maximum absolute atomic E-state index is 10.9. The highest BCUT2D eigenvalue weighted by molar-refractivity contribution is 5.92. The minimum atomic E-state index is -0.383. The van der Waals surface area contributed by atoms with Crippen LogP contribution in [0.1, 0.15) is 6.42 Å². The number of carbonyl (C=O) groups is 1. The van der Waals surface area contributed by atoms with E-state index >= 15 is 0 Å². The van der Waals surface area contributed by atoms with E-state index in [1.165, 1.54) is 0 Å². The van der Waals surface area contributed by atoms with E-state index < -0.39 is 0 Å². The summed E-state index contributed by atoms with van der Waals surface area (Å²) in [6.45, 7) is 0. The zero-order valence-electron chi connectivity index (χ0n) is 5.86. The molecule has 0 aromatic rings. The van der Waals surface area contributed by atoms with Gasteiger partial charge < -0.3 is 9.84 Å². The molecule has 1 aliphatic carbocycles. The van der Waals surface area contributed by atoms with Crippen molar-refractivity contribution in [2.24, 2.45) is 5.92 Å². The molecular weight excluding hydrogens is 144 g/mol. The summed E-state index contributed by atoms with van der Waals surface area (Å²) in [6, 6.07) is 0. The Balaban J connectivity index is 2.33. The lowest BCUT2D eigenvalue weighted by atomic mass is 10.0. The van der Waals surface area contributed by atoms with Gasteiger partial charge in [-0.2, -0.15) is 0 Å². The van der Waals surface area contributed by atoms with Crippen LogP contribution in [0.15, 0.2) is 24.0 Å². The molecule has 0 spiro atoms. The molecule has 1 aliphatic heterocycles. The van der Waals surface area contributed by atoms with Gasteiger partial charge in [-0.1, -0.05) is 12.2 Å². The zero-order valence-corrected chi connectivity index (χ0v) is 5.86. The van der Waals surface area contributed by atoms with Gasteiger partial charge in [-0.05, 0) is 0 Å². The maximum Gasteiger partial charge on any atom is 0.338 e. The van der Waals surface area contributed by atoms with Crippen molar-refractivity contribution in [3.8, 4) is 0 Å². The molecule has 0 bridgehead atoms. The average molecular weight is 152 g/mol. The molecule has 58 valence electrons. The summed E-state index contributed by atoms with van der Waals surface area (Å²) in [7, 11) is 0. The van der Waals surface area contributed by atoms with Gasteiger partial charge in [0.25, 0.3) is 0 Å². The van der Waals surface area contributed by atoms with Crippen LogP contribution in [-0.4, -0.2) is 17.2 Å². The van der Waals surface area contributed by atoms with Crippen LogP contribution in [0.25, 0.3) is 0 Å². The van der Waals surface area contributed by atoms with E-state index in [0.717, 1.165) is 12.7 Å². The van der Waals surface area contributed by atoms with E-state index in [4.69, 9.17) is 9.84 Å². The Morgan fingerprint density at radius 2 is 2.55 bits per heavy atom. The van der Waals surface area contributed by atoms with Gasteiger partial charge in [-0.15, -0.1) is 0 Å². The van der Waals surface area contributed by atoms with E-state index in [1.54, 1.807) is 0 Å². The third-order valence-corrected chi connectivity index (χ3v) is 2.10. The normalized spacial score (nSPS) is 37.8. The largest absolute Gasteiger partial charge is 0.515 e. The first-order valence-corrected chi connectivity index (χ1v) is 3.55. The van der Waals surface area contributed by atoms with Gasteiger partial charge in [0.2, 0.25) is 0 Å². The summed E-state index contributed by atoms with van der Waals surface area (Å²) in [5.41, 5.74) is 0.378. The predicted octanol–water partition coefficient (Wildman–Crippen LogP) is 0.930. The topological polar surface area (TPSA) is 46.5 Å². The monoisotopic (exact) mass is 152 g/mol. The van der Waals surface area contributed by atoms with E-state index in [2.05, 4.69) is 0 Å². The number of rotatable bonds is 0. The van der Waals surface area contributed by atoms with Crippen LogP contribution in [0.4, 0.5) is 0 Å². The quantitative estimate of drug-likeness (QED) is 0.243. The minimum Gasteiger partial charge on any atom is -0.515 e. The van der Waals surface area contributed by atoms with E-state index in [0.29, 0.717) is 5.57 Å². The number of hydrogen-bond acceptors (Lipinski definition) is 3. The van der Waals surface area contributed by atoms with Crippen LogP contribution in [0.5, 0.6) is 0 Å². The third-order valence-electron chi connectivity index (χ3n) is 2.10. The number of esters is 1. The van der Waals surface area contributed by atoms with Gasteiger partial charge >= 0.3 is 5.97 Å². The number of hydrogen-bond donors (Lipinski definition) is 1. The number of aliphatic hydroxyl groups is 1. The minimum absolute atomic E-state index is 0.00694. The van der Waals surface area contributed by atoms with Crippen LogP contribution in [0.3, 0.4) is 0 Å². The highest BCUT2D eigenvalue weighted by atomic mass is 16.6. The number of ether oxygens (including phenoxy) is 1. The number of aliphatic hydroxyl groups excluding tert-OH is 1. The molecule has 2 atom stereocenters. The fourth-order valence-electron chi connectivity index (χ4n) is 1.54. The molecule has 1 saturated heterocycles. The maximum atomic E-state index is 10.9. The van der Waals surface area contributed by atoms with Gasteiger partial charge in [0.1, 0.15) is 6.10 Å². The lowest BCUT2D eigenvalue weighted by Crippen LogP contribution is -2.08. The highest BCUT2D eigenvalue weighted by Crippen LogP contribution is 2.34. The second-order valence-electron chi connectivity index (χ2n) is 2.72. The standard InChI is InChI=1S/C8H8O3/c9-4-6-5-2-1-3-7(5)11-8(6)10/h1-2,4-5,7,9H,3H2/b6-4+/t5-,7+/m1/s1. The van der Waals surface area contributed by atoms with E-state index in [1.807, 2.05) is 12.2 Å². The Bertz CT molecular complexity index is 252. The Labute approximate surface area is 64.0 Å². The molecule has 1 N–H and O–H groups in total. The molecule has 0 saturated carbocycles. The summed E-state index contributed by atoms with van der Waals surface area (Å²) in [4.78, 5) is 10.9. The molecule has 0 aromatic carbocycles. The molecular formula is C8H8O3. The highest BCUT2D eigenvalue weighted by Gasteiger charge is 2.40. The predicted molar refractivity (Wildman–Crippen MR) is 37.8 cm³/mol. The third kappa shape index (κ3) is 0.770. The Morgan fingerprint density at radius 3 is 3.27 bits per heavy atom. The summed E-state index contributed by atoms with van der Waals surface area (Å²) in [5, 5.41) is 8.69. The second-order valence-corrected chi connectivity index (χ2v) is 2.72. The summed E-state index contributed by atoms with van der Waals surface area (Å²) < 4.78 is 4.96. The second kappa shape index (κ2) is 2.12. The Morgan fingerprint density at radius 1 is 1.73 bits per heavy atom. The molecule has 0 radical (unpaired) electrons. The van der Waals surface area contributed by atoms with E-state index in [-0.39, 0.29) is 18.0 Å². The van der Waals surface area contributed by atoms with Crippen molar-refractivity contribution in [2.75, 3.05) is 0 Å². The smallest absolute Gasteiger partial charge is 0.338 e. The first-order chi connectivity index (χ1) is 5.33. The van der Waals surface area contributed by atoms with Crippen LogP contribution in [0.2, 0.25) is 0 Å². The molecule has 0 unspecified atom stereocenters. The van der Waals surface area contributed by atoms with Gasteiger partial charge in [-0.25, -0.2) is 4.79 Å². The summed E-state index contributed by atoms with van der Waals surface area (Å²) >= 11 is 0. The van der Waals surface area contributed by atoms with Crippen molar-refractivity contribution in [1.82, 2.24) is 0 Å². The average Bonchev–Trinajstić information content (AvgIpc) is 2.46. The van der Waals surface area contributed by atoms with Crippen molar-refractivity contribution in [1.29, 1.82) is 0 Å². The molecule has 2 aliphatic rings. The number of fused-ring (bicyclic) bond motifs is 1. The molecule has 11 heavy (non-hydrogen) atoms. The van der Waals surface area contributed by atoms with E-state index in [9.17, 15) is 4.79 Å². The summed E-state index contributed by atoms with van der Waals surface area (Å²) in [5.74, 6) is -0.389. The molecule has 3 heteroatoms. The molecule has 2 rings (SSSR count). The van der Waals surface area contributed by atoms with Crippen LogP contribution < -0.4 is 0 Å². The molecule has 1 fully saturated rings. The van der Waals surface area contributed by atoms with Crippen molar-refractivity contribution in [3.05, 3.63) is 24.0 Å². The Hall–Kier alpha value is -1.25. The first kappa shape index (κ1) is 6.46. The fraction of sp³-hybridized carbons (Fsp3) is 0.375. The lowest BCUT2D eigenvalue weighted by Gasteiger charge is -2.03. The van der Waals surface area contributed by atoms with Crippen LogP contribution >= 0.6 is 0 Å². The first-order valence-electron chi connectivity index (χ1n) is 3.55. The molecule has 1 heterocycles. The van der Waals surface area contributed by atoms with Crippen molar-refractivity contribution in [3.63, 3.8) is 0 Å². The summed E-state index contributed by atoms with van der Waals surface area (Å²) in [6.07, 6.45) is 5.43. The van der Waals surface area contributed by atoms with Gasteiger partial charge in [-0.3, -0.25) is 0 Å². The van der Waals surface area contributed by atoms with Crippen LogP contribution in [0, 0.1) is 5.92 Å². The Kier molecular flexibility index (Phi) is 1.24. The van der Waals surface area contributed by atoms with Crippen molar-refractivity contribution in [2.45, 2.75) is 12.5 Å². The van der Waals surface area contributed by atoms with Gasteiger partial charge in [0, 0.05) is 12.3 Å². The van der Waals surface area contributed by atoms with Crippen molar-refractivity contribution < 1.29 is 14.6 Å². The van der Waals surface area contributed by atoms with Crippen molar-refractivity contribution >= 4 is 5.97 Å². The lowest BCUT2D eigenvalue weighted by molar-refractivity contribution is -0.138. The van der Waals surface area contributed by atoms with Gasteiger partial charge in [0.15, 0.2) is 0 Å².